The third-order valence-corrected chi connectivity index (χ3v) is 8.32. The van der Waals surface area contributed by atoms with Crippen LogP contribution in [0.3, 0.4) is 0 Å². The molecule has 0 aliphatic carbocycles. The van der Waals surface area contributed by atoms with Crippen LogP contribution < -0.4 is 10.6 Å². The minimum atomic E-state index is -2.92. The molecule has 1 atom stereocenters. The highest BCUT2D eigenvalue weighted by Crippen LogP contribution is 2.34. The third-order valence-electron chi connectivity index (χ3n) is 8.32. The molecule has 0 aromatic heterocycles. The number of anilines is 1. The molecule has 5 rings (SSSR count). The van der Waals surface area contributed by atoms with Gasteiger partial charge in [-0.05, 0) is 78.7 Å². The van der Waals surface area contributed by atoms with Gasteiger partial charge in [-0.2, -0.15) is 0 Å². The molecule has 4 aromatic rings. The second-order valence-corrected chi connectivity index (χ2v) is 11.5. The minimum absolute atomic E-state index is 0.0534. The summed E-state index contributed by atoms with van der Waals surface area (Å²) in [7, 11) is 0. The number of alkyl halides is 2. The van der Waals surface area contributed by atoms with Crippen molar-refractivity contribution in [1.29, 1.82) is 0 Å². The third kappa shape index (κ3) is 7.40. The van der Waals surface area contributed by atoms with Crippen molar-refractivity contribution in [2.45, 2.75) is 51.0 Å². The van der Waals surface area contributed by atoms with Gasteiger partial charge in [0.2, 0.25) is 5.91 Å². The molecular weight excluding hydrogens is 556 g/mol. The average molecular weight is 596 g/mol. The number of nitrogens with zero attached hydrogens (tertiary/aromatic N) is 1. The molecule has 2 N–H and O–H groups in total. The fourth-order valence-electron chi connectivity index (χ4n) is 5.91. The Morgan fingerprint density at radius 2 is 1.50 bits per heavy atom. The van der Waals surface area contributed by atoms with Gasteiger partial charge in [0.25, 0.3) is 11.8 Å². The maximum absolute atomic E-state index is 13.7. The number of nitrogens with one attached hydrogen (secondary N) is 2. The average Bonchev–Trinajstić information content (AvgIpc) is 3.05. The first kappa shape index (κ1) is 31.1. The summed E-state index contributed by atoms with van der Waals surface area (Å²) in [5, 5.41) is 6.07. The van der Waals surface area contributed by atoms with Crippen LogP contribution in [0.2, 0.25) is 0 Å². The first-order valence-electron chi connectivity index (χ1n) is 15.3. The first-order valence-corrected chi connectivity index (χ1v) is 15.3. The number of carbonyl (C=O) groups is 2. The van der Waals surface area contributed by atoms with E-state index in [1.54, 1.807) is 24.3 Å². The summed E-state index contributed by atoms with van der Waals surface area (Å²) in [6, 6.07) is 30.9. The lowest BCUT2D eigenvalue weighted by molar-refractivity contribution is -0.127. The molecule has 0 saturated carbocycles. The van der Waals surface area contributed by atoms with Crippen LogP contribution in [0.25, 0.3) is 11.1 Å². The molecule has 1 unspecified atom stereocenters. The SMILES string of the molecule is CCCNC(=O)C(c1ccccc1)N1CCC(c2ccc(NC(=O)c3ccccc3-c3ccc(C(C)(F)F)cc3)cc2)CC1. The summed E-state index contributed by atoms with van der Waals surface area (Å²) >= 11 is 0. The number of likely N-dealkylation sites (tertiary alicyclic amines) is 1. The van der Waals surface area contributed by atoms with Gasteiger partial charge in [0.05, 0.1) is 0 Å². The van der Waals surface area contributed by atoms with Gasteiger partial charge in [0.1, 0.15) is 6.04 Å². The molecular formula is C37H39F2N3O2. The lowest BCUT2D eigenvalue weighted by atomic mass is 9.88. The summed E-state index contributed by atoms with van der Waals surface area (Å²) in [5.74, 6) is -2.77. The van der Waals surface area contributed by atoms with Crippen molar-refractivity contribution < 1.29 is 18.4 Å². The zero-order valence-corrected chi connectivity index (χ0v) is 25.2. The van der Waals surface area contributed by atoms with Gasteiger partial charge in [0.15, 0.2) is 0 Å². The molecule has 2 amide bonds. The van der Waals surface area contributed by atoms with E-state index >= 15 is 0 Å². The van der Waals surface area contributed by atoms with E-state index < -0.39 is 5.92 Å². The van der Waals surface area contributed by atoms with E-state index in [1.807, 2.05) is 54.6 Å². The number of benzene rings is 4. The monoisotopic (exact) mass is 595 g/mol. The molecule has 5 nitrogen and oxygen atoms in total. The Kier molecular flexibility index (Phi) is 9.85. The molecule has 44 heavy (non-hydrogen) atoms. The Morgan fingerprint density at radius 3 is 2.14 bits per heavy atom. The molecule has 0 radical (unpaired) electrons. The van der Waals surface area contributed by atoms with Gasteiger partial charge in [0, 0.05) is 30.3 Å². The Morgan fingerprint density at radius 1 is 0.864 bits per heavy atom. The maximum atomic E-state index is 13.7. The lowest BCUT2D eigenvalue weighted by Crippen LogP contribution is -2.44. The predicted octanol–water partition coefficient (Wildman–Crippen LogP) is 8.16. The van der Waals surface area contributed by atoms with E-state index in [1.165, 1.54) is 17.7 Å². The number of halogens is 2. The van der Waals surface area contributed by atoms with E-state index in [-0.39, 0.29) is 23.4 Å². The Balaban J connectivity index is 1.23. The molecule has 1 aliphatic heterocycles. The van der Waals surface area contributed by atoms with E-state index in [0.29, 0.717) is 34.8 Å². The number of amides is 2. The smallest absolute Gasteiger partial charge is 0.270 e. The number of piperidine rings is 1. The van der Waals surface area contributed by atoms with Gasteiger partial charge in [-0.3, -0.25) is 14.5 Å². The van der Waals surface area contributed by atoms with Crippen LogP contribution in [0.4, 0.5) is 14.5 Å². The van der Waals surface area contributed by atoms with Crippen molar-refractivity contribution in [2.24, 2.45) is 0 Å². The van der Waals surface area contributed by atoms with Gasteiger partial charge >= 0.3 is 0 Å². The topological polar surface area (TPSA) is 61.4 Å². The molecule has 4 aromatic carbocycles. The molecule has 1 heterocycles. The summed E-state index contributed by atoms with van der Waals surface area (Å²) in [6.07, 6.45) is 2.77. The second-order valence-electron chi connectivity index (χ2n) is 11.5. The van der Waals surface area contributed by atoms with Crippen molar-refractivity contribution in [3.05, 3.63) is 125 Å². The van der Waals surface area contributed by atoms with E-state index in [2.05, 4.69) is 34.6 Å². The van der Waals surface area contributed by atoms with Crippen LogP contribution in [0.5, 0.6) is 0 Å². The van der Waals surface area contributed by atoms with Gasteiger partial charge in [-0.1, -0.05) is 91.9 Å². The predicted molar refractivity (Wildman–Crippen MR) is 172 cm³/mol. The quantitative estimate of drug-likeness (QED) is 0.194. The highest BCUT2D eigenvalue weighted by Gasteiger charge is 2.31. The Labute approximate surface area is 258 Å². The van der Waals surface area contributed by atoms with Crippen LogP contribution in [0.15, 0.2) is 103 Å². The van der Waals surface area contributed by atoms with Crippen molar-refractivity contribution in [1.82, 2.24) is 10.2 Å². The zero-order chi connectivity index (χ0) is 31.1. The summed E-state index contributed by atoms with van der Waals surface area (Å²) in [4.78, 5) is 28.7. The normalized spacial score (nSPS) is 15.0. The lowest BCUT2D eigenvalue weighted by Gasteiger charge is -2.37. The summed E-state index contributed by atoms with van der Waals surface area (Å²) in [5.41, 5.74) is 4.68. The van der Waals surface area contributed by atoms with E-state index in [0.717, 1.165) is 44.8 Å². The highest BCUT2D eigenvalue weighted by atomic mass is 19.3. The largest absolute Gasteiger partial charge is 0.354 e. The van der Waals surface area contributed by atoms with Crippen molar-refractivity contribution in [3.8, 4) is 11.1 Å². The molecule has 1 aliphatic rings. The molecule has 0 bridgehead atoms. The number of hydrogen-bond acceptors (Lipinski definition) is 3. The van der Waals surface area contributed by atoms with E-state index in [4.69, 9.17) is 0 Å². The maximum Gasteiger partial charge on any atom is 0.270 e. The Hall–Kier alpha value is -4.36. The van der Waals surface area contributed by atoms with E-state index in [9.17, 15) is 18.4 Å². The van der Waals surface area contributed by atoms with Crippen LogP contribution in [0, 0.1) is 0 Å². The summed E-state index contributed by atoms with van der Waals surface area (Å²) < 4.78 is 27.4. The minimum Gasteiger partial charge on any atom is -0.354 e. The van der Waals surface area contributed by atoms with Gasteiger partial charge in [-0.15, -0.1) is 0 Å². The molecule has 228 valence electrons. The molecule has 1 fully saturated rings. The standard InChI is InChI=1S/C37H39F2N3O2/c1-3-23-40-36(44)34(29-9-5-4-6-10-29)42-24-21-27(22-25-42)26-15-19-31(20-16-26)41-35(43)33-12-8-7-11-32(33)28-13-17-30(18-14-28)37(2,38)39/h4-20,27,34H,3,21-25H2,1-2H3,(H,40,44)(H,41,43). The number of carbonyl (C=O) groups excluding carboxylic acids is 2. The van der Waals surface area contributed by atoms with Crippen molar-refractivity contribution >= 4 is 17.5 Å². The highest BCUT2D eigenvalue weighted by molar-refractivity contribution is 6.08. The second kappa shape index (κ2) is 14.0. The van der Waals surface area contributed by atoms with Crippen LogP contribution in [-0.2, 0) is 10.7 Å². The number of hydrogen-bond donors (Lipinski definition) is 2. The van der Waals surface area contributed by atoms with Gasteiger partial charge in [-0.25, -0.2) is 8.78 Å². The van der Waals surface area contributed by atoms with Crippen LogP contribution in [0.1, 0.15) is 72.1 Å². The summed E-state index contributed by atoms with van der Waals surface area (Å²) in [6.45, 7) is 5.22. The van der Waals surface area contributed by atoms with Crippen molar-refractivity contribution in [2.75, 3.05) is 25.0 Å². The Bertz CT molecular complexity index is 1540. The van der Waals surface area contributed by atoms with Crippen LogP contribution >= 0.6 is 0 Å². The number of rotatable bonds is 10. The fraction of sp³-hybridized carbons (Fsp3) is 0.297. The van der Waals surface area contributed by atoms with Crippen LogP contribution in [-0.4, -0.2) is 36.3 Å². The molecule has 7 heteroatoms. The fourth-order valence-corrected chi connectivity index (χ4v) is 5.91. The molecule has 1 saturated heterocycles. The zero-order valence-electron chi connectivity index (χ0n) is 25.2. The molecule has 0 spiro atoms. The van der Waals surface area contributed by atoms with Crippen molar-refractivity contribution in [3.63, 3.8) is 0 Å². The first-order chi connectivity index (χ1) is 21.2. The van der Waals surface area contributed by atoms with Gasteiger partial charge < -0.3 is 10.6 Å².